The minimum atomic E-state index is -0.700. The first kappa shape index (κ1) is 10.5. The molecule has 0 aromatic heterocycles. The van der Waals surface area contributed by atoms with E-state index in [0.717, 1.165) is 6.54 Å². The van der Waals surface area contributed by atoms with E-state index in [2.05, 4.69) is 10.6 Å². The maximum absolute atomic E-state index is 11.6. The van der Waals surface area contributed by atoms with Crippen molar-refractivity contribution >= 4 is 5.97 Å². The number of hydrogen-bond donors (Lipinski definition) is 1. The number of nitrogens with zero attached hydrogens (tertiary/aromatic N) is 1. The normalized spacial score (nSPS) is 34.2. The highest BCUT2D eigenvalue weighted by Crippen LogP contribution is 2.16. The van der Waals surface area contributed by atoms with E-state index in [-0.39, 0.29) is 12.0 Å². The van der Waals surface area contributed by atoms with Crippen molar-refractivity contribution in [2.75, 3.05) is 19.7 Å². The lowest BCUT2D eigenvalue weighted by molar-refractivity contribution is -0.152. The van der Waals surface area contributed by atoms with Gasteiger partial charge in [0.1, 0.15) is 5.54 Å². The van der Waals surface area contributed by atoms with Gasteiger partial charge >= 0.3 is 5.97 Å². The Hall–Kier alpha value is -0.610. The van der Waals surface area contributed by atoms with Crippen LogP contribution >= 0.6 is 0 Å². The van der Waals surface area contributed by atoms with Gasteiger partial charge in [0, 0.05) is 19.1 Å². The van der Waals surface area contributed by atoms with Crippen molar-refractivity contribution in [3.63, 3.8) is 0 Å². The molecule has 75 valence electrons. The molecule has 1 radical (unpaired) electrons. The summed E-state index contributed by atoms with van der Waals surface area (Å²) in [6.45, 7) is 7.52. The third kappa shape index (κ3) is 2.00. The van der Waals surface area contributed by atoms with Crippen molar-refractivity contribution in [2.45, 2.75) is 32.4 Å². The van der Waals surface area contributed by atoms with Gasteiger partial charge in [0.15, 0.2) is 0 Å². The van der Waals surface area contributed by atoms with Crippen molar-refractivity contribution in [3.05, 3.63) is 0 Å². The molecule has 0 bridgehead atoms. The average molecular weight is 185 g/mol. The van der Waals surface area contributed by atoms with Crippen LogP contribution in [0.2, 0.25) is 0 Å². The van der Waals surface area contributed by atoms with Gasteiger partial charge in [-0.2, -0.15) is 0 Å². The summed E-state index contributed by atoms with van der Waals surface area (Å²) in [5.74, 6) is -0.227. The molecule has 0 aliphatic carbocycles. The fourth-order valence-corrected chi connectivity index (χ4v) is 1.42. The van der Waals surface area contributed by atoms with E-state index < -0.39 is 5.54 Å². The Morgan fingerprint density at radius 2 is 2.46 bits per heavy atom. The van der Waals surface area contributed by atoms with Gasteiger partial charge in [-0.15, -0.1) is 0 Å². The number of nitrogens with one attached hydrogen (secondary N) is 1. The van der Waals surface area contributed by atoms with Gasteiger partial charge in [0.2, 0.25) is 0 Å². The third-order valence-electron chi connectivity index (χ3n) is 2.53. The number of esters is 1. The zero-order chi connectivity index (χ0) is 9.90. The van der Waals surface area contributed by atoms with Crippen LogP contribution in [0.5, 0.6) is 0 Å². The minimum Gasteiger partial charge on any atom is -0.465 e. The molecule has 1 N–H and O–H groups in total. The maximum atomic E-state index is 11.6. The summed E-state index contributed by atoms with van der Waals surface area (Å²) >= 11 is 0. The van der Waals surface area contributed by atoms with Crippen LogP contribution < -0.4 is 10.6 Å². The predicted octanol–water partition coefficient (Wildman–Crippen LogP) is -0.0957. The van der Waals surface area contributed by atoms with Gasteiger partial charge in [0.05, 0.1) is 6.61 Å². The molecule has 1 aliphatic rings. The number of rotatable bonds is 2. The Kier molecular flexibility index (Phi) is 3.27. The van der Waals surface area contributed by atoms with E-state index in [0.29, 0.717) is 13.2 Å². The molecule has 4 nitrogen and oxygen atoms in total. The van der Waals surface area contributed by atoms with Crippen LogP contribution in [-0.2, 0) is 9.53 Å². The van der Waals surface area contributed by atoms with Crippen molar-refractivity contribution in [2.24, 2.45) is 0 Å². The van der Waals surface area contributed by atoms with E-state index in [1.807, 2.05) is 20.8 Å². The Balaban J connectivity index is 2.65. The molecule has 1 rings (SSSR count). The van der Waals surface area contributed by atoms with Crippen molar-refractivity contribution in [3.8, 4) is 0 Å². The number of carbonyl (C=O) groups is 1. The number of piperazine rings is 1. The molecule has 0 aromatic carbocycles. The zero-order valence-corrected chi connectivity index (χ0v) is 8.46. The largest absolute Gasteiger partial charge is 0.465 e. The fraction of sp³-hybridized carbons (Fsp3) is 0.889. The first-order chi connectivity index (χ1) is 6.11. The minimum absolute atomic E-state index is 0.0558. The van der Waals surface area contributed by atoms with Gasteiger partial charge in [-0.05, 0) is 20.8 Å². The molecule has 0 aromatic rings. The first-order valence-corrected chi connectivity index (χ1v) is 4.70. The quantitative estimate of drug-likeness (QED) is 0.611. The molecule has 1 heterocycles. The molecular weight excluding hydrogens is 168 g/mol. The van der Waals surface area contributed by atoms with Crippen LogP contribution in [0.4, 0.5) is 0 Å². The van der Waals surface area contributed by atoms with Crippen molar-refractivity contribution < 1.29 is 9.53 Å². The lowest BCUT2D eigenvalue weighted by Crippen LogP contribution is -2.64. The smallest absolute Gasteiger partial charge is 0.329 e. The van der Waals surface area contributed by atoms with Crippen LogP contribution in [0.3, 0.4) is 0 Å². The van der Waals surface area contributed by atoms with E-state index in [1.165, 1.54) is 0 Å². The lowest BCUT2D eigenvalue weighted by atomic mass is 9.91. The average Bonchev–Trinajstić information content (AvgIpc) is 2.11. The van der Waals surface area contributed by atoms with Gasteiger partial charge < -0.3 is 10.1 Å². The van der Waals surface area contributed by atoms with Crippen LogP contribution in [0.1, 0.15) is 20.8 Å². The van der Waals surface area contributed by atoms with E-state index in [4.69, 9.17) is 4.74 Å². The summed E-state index contributed by atoms with van der Waals surface area (Å²) in [5, 5.41) is 7.54. The number of carbonyl (C=O) groups excluding carboxylic acids is 1. The summed E-state index contributed by atoms with van der Waals surface area (Å²) in [4.78, 5) is 11.6. The highest BCUT2D eigenvalue weighted by Gasteiger charge is 2.42. The molecule has 2 unspecified atom stereocenters. The number of hydrogen-bond acceptors (Lipinski definition) is 3. The highest BCUT2D eigenvalue weighted by atomic mass is 16.5. The van der Waals surface area contributed by atoms with E-state index in [1.54, 1.807) is 0 Å². The second-order valence-corrected chi connectivity index (χ2v) is 3.43. The topological polar surface area (TPSA) is 52.4 Å². The Morgan fingerprint density at radius 1 is 1.77 bits per heavy atom. The molecule has 0 amide bonds. The van der Waals surface area contributed by atoms with Gasteiger partial charge in [-0.25, -0.2) is 10.1 Å². The Morgan fingerprint density at radius 3 is 3.00 bits per heavy atom. The molecule has 4 heteroatoms. The van der Waals surface area contributed by atoms with Crippen LogP contribution in [0, 0.1) is 0 Å². The Bertz CT molecular complexity index is 196. The maximum Gasteiger partial charge on any atom is 0.329 e. The molecule has 1 aliphatic heterocycles. The molecule has 0 spiro atoms. The monoisotopic (exact) mass is 185 g/mol. The number of ether oxygens (including phenoxy) is 1. The molecule has 13 heavy (non-hydrogen) atoms. The summed E-state index contributed by atoms with van der Waals surface area (Å²) < 4.78 is 4.98. The van der Waals surface area contributed by atoms with Crippen LogP contribution in [0.25, 0.3) is 0 Å². The third-order valence-corrected chi connectivity index (χ3v) is 2.53. The van der Waals surface area contributed by atoms with Crippen molar-refractivity contribution in [1.29, 1.82) is 0 Å². The van der Waals surface area contributed by atoms with Crippen LogP contribution in [-0.4, -0.2) is 37.2 Å². The van der Waals surface area contributed by atoms with Crippen LogP contribution in [0.15, 0.2) is 0 Å². The van der Waals surface area contributed by atoms with E-state index in [9.17, 15) is 4.79 Å². The van der Waals surface area contributed by atoms with Gasteiger partial charge in [0.25, 0.3) is 0 Å². The summed E-state index contributed by atoms with van der Waals surface area (Å²) in [6, 6.07) is 0.0558. The molecule has 2 atom stereocenters. The summed E-state index contributed by atoms with van der Waals surface area (Å²) in [7, 11) is 0. The summed E-state index contributed by atoms with van der Waals surface area (Å²) in [5.41, 5.74) is -0.700. The predicted molar refractivity (Wildman–Crippen MR) is 49.5 cm³/mol. The van der Waals surface area contributed by atoms with Gasteiger partial charge in [-0.1, -0.05) is 0 Å². The molecule has 1 saturated heterocycles. The standard InChI is InChI=1S/C9H17N2O2/c1-4-13-8(12)9(3)7(2)10-5-6-11-9/h7,10H,4-6H2,1-3H3. The molecular formula is C9H17N2O2. The summed E-state index contributed by atoms with van der Waals surface area (Å²) in [6.07, 6.45) is 0. The SMILES string of the molecule is CCOC(=O)C1(C)[N]CCNC1C. The molecule has 0 saturated carbocycles. The zero-order valence-electron chi connectivity index (χ0n) is 8.46. The first-order valence-electron chi connectivity index (χ1n) is 4.70. The van der Waals surface area contributed by atoms with Gasteiger partial charge in [-0.3, -0.25) is 0 Å². The second kappa shape index (κ2) is 4.07. The fourth-order valence-electron chi connectivity index (χ4n) is 1.42. The molecule has 1 fully saturated rings. The Labute approximate surface area is 79.0 Å². The second-order valence-electron chi connectivity index (χ2n) is 3.43. The lowest BCUT2D eigenvalue weighted by Gasteiger charge is -2.37. The van der Waals surface area contributed by atoms with Crippen molar-refractivity contribution in [1.82, 2.24) is 10.6 Å². The highest BCUT2D eigenvalue weighted by molar-refractivity contribution is 5.81. The van der Waals surface area contributed by atoms with E-state index >= 15 is 0 Å².